The second kappa shape index (κ2) is 10.8. The smallest absolute Gasteiger partial charge is 0.270 e. The molecule has 3 rings (SSSR count). The number of nitriles is 1. The van der Waals surface area contributed by atoms with Crippen LogP contribution in [0.25, 0.3) is 11.6 Å². The lowest BCUT2D eigenvalue weighted by Crippen LogP contribution is -2.02. The number of aryl methyl sites for hydroxylation is 1. The molecule has 0 N–H and O–H groups in total. The van der Waals surface area contributed by atoms with Gasteiger partial charge in [0.15, 0.2) is 11.5 Å². The zero-order chi connectivity index (χ0) is 23.1. The van der Waals surface area contributed by atoms with E-state index >= 15 is 0 Å². The van der Waals surface area contributed by atoms with Gasteiger partial charge in [0.2, 0.25) is 0 Å². The Labute approximate surface area is 200 Å². The topological polar surface area (TPSA) is 85.4 Å². The van der Waals surface area contributed by atoms with E-state index < -0.39 is 4.92 Å². The van der Waals surface area contributed by atoms with Crippen LogP contribution < -0.4 is 9.47 Å². The Morgan fingerprint density at radius 1 is 1.16 bits per heavy atom. The molecule has 32 heavy (non-hydrogen) atoms. The van der Waals surface area contributed by atoms with Crippen molar-refractivity contribution in [3.63, 3.8) is 0 Å². The first kappa shape index (κ1) is 23.3. The number of nitro benzene ring substituents is 1. The Bertz CT molecular complexity index is 1200. The average molecular weight is 540 g/mol. The molecule has 7 heteroatoms. The van der Waals surface area contributed by atoms with Crippen molar-refractivity contribution < 1.29 is 14.4 Å². The summed E-state index contributed by atoms with van der Waals surface area (Å²) in [6.07, 6.45) is 1.69. The third-order valence-corrected chi connectivity index (χ3v) is 5.44. The Kier molecular flexibility index (Phi) is 7.84. The number of rotatable bonds is 8. The maximum atomic E-state index is 11.1. The van der Waals surface area contributed by atoms with E-state index in [1.807, 2.05) is 50.2 Å². The van der Waals surface area contributed by atoms with E-state index in [1.165, 1.54) is 17.7 Å². The molecule has 0 fully saturated rings. The number of ether oxygens (including phenoxy) is 2. The molecule has 0 amide bonds. The molecule has 0 unspecified atom stereocenters. The van der Waals surface area contributed by atoms with Gasteiger partial charge >= 0.3 is 0 Å². The number of benzene rings is 3. The molecule has 0 bridgehead atoms. The fraction of sp³-hybridized carbons (Fsp3) is 0.160. The van der Waals surface area contributed by atoms with Crippen molar-refractivity contribution in [2.24, 2.45) is 0 Å². The van der Waals surface area contributed by atoms with Gasteiger partial charge < -0.3 is 9.47 Å². The summed E-state index contributed by atoms with van der Waals surface area (Å²) in [5.41, 5.74) is 3.72. The van der Waals surface area contributed by atoms with E-state index in [1.54, 1.807) is 18.2 Å². The van der Waals surface area contributed by atoms with Crippen molar-refractivity contribution in [3.05, 3.63) is 96.6 Å². The van der Waals surface area contributed by atoms with E-state index in [-0.39, 0.29) is 5.69 Å². The Morgan fingerprint density at radius 2 is 1.91 bits per heavy atom. The predicted octanol–water partition coefficient (Wildman–Crippen LogP) is 6.55. The van der Waals surface area contributed by atoms with Gasteiger partial charge in [0.1, 0.15) is 6.61 Å². The van der Waals surface area contributed by atoms with Gasteiger partial charge in [-0.15, -0.1) is 0 Å². The van der Waals surface area contributed by atoms with Gasteiger partial charge in [0.05, 0.1) is 26.7 Å². The fourth-order valence-corrected chi connectivity index (χ4v) is 3.83. The van der Waals surface area contributed by atoms with Crippen molar-refractivity contribution in [1.82, 2.24) is 0 Å². The highest BCUT2D eigenvalue weighted by atomic mass is 127. The third kappa shape index (κ3) is 5.86. The standard InChI is InChI=1S/C25H21IN2O4/c1-3-31-24-13-19(11-21(15-27)20-5-4-6-22(14-20)28(29)30)12-23(26)25(24)32-16-18-9-7-17(2)8-10-18/h4-14H,3,16H2,1-2H3/b21-11-. The third-order valence-electron chi connectivity index (χ3n) is 4.63. The molecule has 0 saturated carbocycles. The molecule has 0 atom stereocenters. The van der Waals surface area contributed by atoms with Crippen LogP contribution in [0.5, 0.6) is 11.5 Å². The second-order valence-electron chi connectivity index (χ2n) is 7.01. The molecule has 0 aromatic heterocycles. The largest absolute Gasteiger partial charge is 0.490 e. The van der Waals surface area contributed by atoms with Gasteiger partial charge in [-0.05, 0) is 71.3 Å². The zero-order valence-electron chi connectivity index (χ0n) is 17.7. The lowest BCUT2D eigenvalue weighted by Gasteiger charge is -2.15. The molecule has 0 heterocycles. The van der Waals surface area contributed by atoms with Crippen molar-refractivity contribution in [2.45, 2.75) is 20.5 Å². The average Bonchev–Trinajstić information content (AvgIpc) is 2.78. The van der Waals surface area contributed by atoms with Crippen LogP contribution in [-0.2, 0) is 6.61 Å². The minimum absolute atomic E-state index is 0.0620. The molecule has 0 aliphatic carbocycles. The number of non-ortho nitro benzene ring substituents is 1. The van der Waals surface area contributed by atoms with E-state index in [4.69, 9.17) is 9.47 Å². The van der Waals surface area contributed by atoms with Gasteiger partial charge in [-0.25, -0.2) is 0 Å². The van der Waals surface area contributed by atoms with Gasteiger partial charge in [-0.2, -0.15) is 5.26 Å². The number of halogens is 1. The molecule has 3 aromatic carbocycles. The van der Waals surface area contributed by atoms with Crippen LogP contribution in [0.2, 0.25) is 0 Å². The summed E-state index contributed by atoms with van der Waals surface area (Å²) >= 11 is 2.18. The summed E-state index contributed by atoms with van der Waals surface area (Å²) in [6, 6.07) is 20.0. The molecule has 0 spiro atoms. The van der Waals surface area contributed by atoms with Crippen LogP contribution in [0.15, 0.2) is 60.7 Å². The van der Waals surface area contributed by atoms with E-state index in [9.17, 15) is 15.4 Å². The molecule has 0 aliphatic rings. The maximum absolute atomic E-state index is 11.1. The molecule has 0 saturated heterocycles. The Balaban J connectivity index is 1.93. The normalized spacial score (nSPS) is 11.0. The number of allylic oxidation sites excluding steroid dienone is 1. The zero-order valence-corrected chi connectivity index (χ0v) is 19.8. The molecule has 0 radical (unpaired) electrons. The summed E-state index contributed by atoms with van der Waals surface area (Å²) in [6.45, 7) is 4.79. The summed E-state index contributed by atoms with van der Waals surface area (Å²) < 4.78 is 12.7. The minimum Gasteiger partial charge on any atom is -0.490 e. The fourth-order valence-electron chi connectivity index (χ4n) is 3.05. The first-order chi connectivity index (χ1) is 15.4. The molecule has 3 aromatic rings. The van der Waals surface area contributed by atoms with Gasteiger partial charge in [0, 0.05) is 12.1 Å². The first-order valence-electron chi connectivity index (χ1n) is 9.92. The lowest BCUT2D eigenvalue weighted by atomic mass is 10.0. The van der Waals surface area contributed by atoms with Crippen molar-refractivity contribution in [1.29, 1.82) is 5.26 Å². The summed E-state index contributed by atoms with van der Waals surface area (Å²) in [5.74, 6) is 1.22. The highest BCUT2D eigenvalue weighted by molar-refractivity contribution is 14.1. The van der Waals surface area contributed by atoms with Gasteiger partial charge in [0.25, 0.3) is 5.69 Å². The van der Waals surface area contributed by atoms with Crippen molar-refractivity contribution in [2.75, 3.05) is 6.61 Å². The van der Waals surface area contributed by atoms with Crippen LogP contribution in [0, 0.1) is 31.9 Å². The molecule has 0 aliphatic heterocycles. The number of hydrogen-bond donors (Lipinski definition) is 0. The van der Waals surface area contributed by atoms with E-state index in [0.29, 0.717) is 35.8 Å². The highest BCUT2D eigenvalue weighted by Crippen LogP contribution is 2.36. The van der Waals surface area contributed by atoms with Gasteiger partial charge in [-0.1, -0.05) is 42.0 Å². The van der Waals surface area contributed by atoms with E-state index in [0.717, 1.165) is 14.7 Å². The summed E-state index contributed by atoms with van der Waals surface area (Å²) in [7, 11) is 0. The predicted molar refractivity (Wildman–Crippen MR) is 132 cm³/mol. The summed E-state index contributed by atoms with van der Waals surface area (Å²) in [4.78, 5) is 10.6. The Morgan fingerprint density at radius 3 is 2.56 bits per heavy atom. The second-order valence-corrected chi connectivity index (χ2v) is 8.18. The van der Waals surface area contributed by atoms with Crippen LogP contribution in [0.1, 0.15) is 29.2 Å². The monoisotopic (exact) mass is 540 g/mol. The summed E-state index contributed by atoms with van der Waals surface area (Å²) in [5, 5.41) is 20.7. The number of hydrogen-bond acceptors (Lipinski definition) is 5. The lowest BCUT2D eigenvalue weighted by molar-refractivity contribution is -0.384. The highest BCUT2D eigenvalue weighted by Gasteiger charge is 2.14. The molecular weight excluding hydrogens is 519 g/mol. The Hall–Kier alpha value is -3.38. The first-order valence-corrected chi connectivity index (χ1v) is 11.0. The molecule has 6 nitrogen and oxygen atoms in total. The van der Waals surface area contributed by atoms with Gasteiger partial charge in [-0.3, -0.25) is 10.1 Å². The quantitative estimate of drug-likeness (QED) is 0.106. The minimum atomic E-state index is -0.477. The van der Waals surface area contributed by atoms with Crippen molar-refractivity contribution in [3.8, 4) is 17.6 Å². The van der Waals surface area contributed by atoms with Crippen LogP contribution in [0.4, 0.5) is 5.69 Å². The maximum Gasteiger partial charge on any atom is 0.270 e. The van der Waals surface area contributed by atoms with Crippen molar-refractivity contribution >= 4 is 39.9 Å². The molecule has 162 valence electrons. The SMILES string of the molecule is CCOc1cc(/C=C(/C#N)c2cccc([N+](=O)[O-])c2)cc(I)c1OCc1ccc(C)cc1. The van der Waals surface area contributed by atoms with Crippen LogP contribution >= 0.6 is 22.6 Å². The molecular formula is C25H21IN2O4. The van der Waals surface area contributed by atoms with E-state index in [2.05, 4.69) is 28.7 Å². The van der Waals surface area contributed by atoms with Crippen LogP contribution in [0.3, 0.4) is 0 Å². The number of nitro groups is 1. The number of nitrogens with zero attached hydrogens (tertiary/aromatic N) is 2. The van der Waals surface area contributed by atoms with Crippen LogP contribution in [-0.4, -0.2) is 11.5 Å².